The van der Waals surface area contributed by atoms with Gasteiger partial charge < -0.3 is 4.90 Å². The van der Waals surface area contributed by atoms with Gasteiger partial charge in [-0.05, 0) is 62.6 Å². The highest BCUT2D eigenvalue weighted by molar-refractivity contribution is 5.98. The van der Waals surface area contributed by atoms with E-state index in [1.165, 1.54) is 38.8 Å². The second kappa shape index (κ2) is 4.45. The maximum Gasteiger partial charge on any atom is 0.253 e. The van der Waals surface area contributed by atoms with Crippen molar-refractivity contribution in [2.45, 2.75) is 44.2 Å². The summed E-state index contributed by atoms with van der Waals surface area (Å²) in [6.45, 7) is 11.5. The molecule has 20 heavy (non-hydrogen) atoms. The molecule has 4 saturated heterocycles. The standard InChI is InChI=1S/C17H24N2O/c1-11-9-15-14-6-4-8-18-7-3-5-13(16(14)18)10-19(15)17(20)12(11)2/h13-16H,1-10H2. The highest BCUT2D eigenvalue weighted by Gasteiger charge is 2.51. The molecule has 108 valence electrons. The lowest BCUT2D eigenvalue weighted by Crippen LogP contribution is -2.66. The van der Waals surface area contributed by atoms with Gasteiger partial charge in [-0.2, -0.15) is 0 Å². The zero-order valence-electron chi connectivity index (χ0n) is 12.2. The van der Waals surface area contributed by atoms with Crippen molar-refractivity contribution in [2.75, 3.05) is 19.6 Å². The van der Waals surface area contributed by atoms with E-state index in [0.29, 0.717) is 23.5 Å². The van der Waals surface area contributed by atoms with E-state index < -0.39 is 0 Å². The van der Waals surface area contributed by atoms with Gasteiger partial charge >= 0.3 is 0 Å². The number of hydrogen-bond donors (Lipinski definition) is 0. The van der Waals surface area contributed by atoms with Crippen LogP contribution in [0.25, 0.3) is 0 Å². The van der Waals surface area contributed by atoms with Crippen molar-refractivity contribution in [1.82, 2.24) is 9.80 Å². The molecule has 4 unspecified atom stereocenters. The van der Waals surface area contributed by atoms with E-state index in [2.05, 4.69) is 23.0 Å². The van der Waals surface area contributed by atoms with Gasteiger partial charge in [-0.1, -0.05) is 13.2 Å². The molecule has 3 nitrogen and oxygen atoms in total. The molecule has 4 aliphatic rings. The van der Waals surface area contributed by atoms with Gasteiger partial charge in [0, 0.05) is 24.2 Å². The number of piperidine rings is 4. The fraction of sp³-hybridized carbons (Fsp3) is 0.706. The van der Waals surface area contributed by atoms with E-state index in [0.717, 1.165) is 24.6 Å². The molecule has 4 atom stereocenters. The molecule has 0 aromatic rings. The summed E-state index contributed by atoms with van der Waals surface area (Å²) in [4.78, 5) is 17.4. The first-order valence-electron chi connectivity index (χ1n) is 8.09. The third-order valence-electron chi connectivity index (χ3n) is 6.07. The third kappa shape index (κ3) is 1.65. The first-order chi connectivity index (χ1) is 9.66. The Kier molecular flexibility index (Phi) is 2.81. The molecule has 3 heteroatoms. The zero-order chi connectivity index (χ0) is 13.9. The molecule has 0 radical (unpaired) electrons. The maximum absolute atomic E-state index is 12.6. The number of fused-ring (bicyclic) bond motifs is 2. The molecule has 0 spiro atoms. The SMILES string of the molecule is C=C1CC2C3CCCN4CCCC(CN2C(=O)C1=C)C34. The summed E-state index contributed by atoms with van der Waals surface area (Å²) >= 11 is 0. The highest BCUT2D eigenvalue weighted by Crippen LogP contribution is 2.45. The monoisotopic (exact) mass is 272 g/mol. The first kappa shape index (κ1) is 12.6. The van der Waals surface area contributed by atoms with Crippen LogP contribution in [-0.4, -0.2) is 47.4 Å². The van der Waals surface area contributed by atoms with Crippen molar-refractivity contribution in [3.63, 3.8) is 0 Å². The second-order valence-electron chi connectivity index (χ2n) is 7.05. The van der Waals surface area contributed by atoms with Crippen molar-refractivity contribution >= 4 is 5.91 Å². The van der Waals surface area contributed by atoms with E-state index in [1.807, 2.05) is 0 Å². The van der Waals surface area contributed by atoms with Gasteiger partial charge in [-0.25, -0.2) is 0 Å². The molecule has 1 amide bonds. The van der Waals surface area contributed by atoms with E-state index in [1.54, 1.807) is 0 Å². The van der Waals surface area contributed by atoms with Gasteiger partial charge in [-0.3, -0.25) is 9.69 Å². The minimum atomic E-state index is 0.160. The van der Waals surface area contributed by atoms with Crippen LogP contribution in [0.3, 0.4) is 0 Å². The average Bonchev–Trinajstić information content (AvgIpc) is 2.47. The van der Waals surface area contributed by atoms with Crippen molar-refractivity contribution in [3.05, 3.63) is 24.3 Å². The molecular weight excluding hydrogens is 248 g/mol. The Hall–Kier alpha value is -1.09. The first-order valence-corrected chi connectivity index (χ1v) is 8.09. The van der Waals surface area contributed by atoms with Crippen LogP contribution >= 0.6 is 0 Å². The van der Waals surface area contributed by atoms with Crippen LogP contribution < -0.4 is 0 Å². The van der Waals surface area contributed by atoms with Crippen molar-refractivity contribution in [1.29, 1.82) is 0 Å². The maximum atomic E-state index is 12.6. The summed E-state index contributed by atoms with van der Waals surface area (Å²) in [6, 6.07) is 1.12. The number of carbonyl (C=O) groups is 1. The highest BCUT2D eigenvalue weighted by atomic mass is 16.2. The molecule has 0 aliphatic carbocycles. The Morgan fingerprint density at radius 2 is 1.85 bits per heavy atom. The molecule has 4 fully saturated rings. The Morgan fingerprint density at radius 3 is 2.65 bits per heavy atom. The number of rotatable bonds is 0. The van der Waals surface area contributed by atoms with E-state index >= 15 is 0 Å². The van der Waals surface area contributed by atoms with Crippen LogP contribution in [0.4, 0.5) is 0 Å². The molecule has 0 saturated carbocycles. The van der Waals surface area contributed by atoms with Crippen molar-refractivity contribution in [3.8, 4) is 0 Å². The molecule has 4 aliphatic heterocycles. The Balaban J connectivity index is 1.69. The van der Waals surface area contributed by atoms with Crippen LogP contribution in [0, 0.1) is 11.8 Å². The molecule has 0 bridgehead atoms. The smallest absolute Gasteiger partial charge is 0.253 e. The van der Waals surface area contributed by atoms with Gasteiger partial charge in [-0.15, -0.1) is 0 Å². The van der Waals surface area contributed by atoms with Crippen LogP contribution in [-0.2, 0) is 4.79 Å². The quantitative estimate of drug-likeness (QED) is 0.631. The van der Waals surface area contributed by atoms with Crippen LogP contribution in [0.15, 0.2) is 24.3 Å². The van der Waals surface area contributed by atoms with Crippen LogP contribution in [0.2, 0.25) is 0 Å². The van der Waals surface area contributed by atoms with Gasteiger partial charge in [0.2, 0.25) is 0 Å². The van der Waals surface area contributed by atoms with Gasteiger partial charge in [0.15, 0.2) is 0 Å². The predicted octanol–water partition coefficient (Wildman–Crippen LogP) is 2.20. The fourth-order valence-electron chi connectivity index (χ4n) is 5.19. The van der Waals surface area contributed by atoms with Crippen LogP contribution in [0.5, 0.6) is 0 Å². The lowest BCUT2D eigenvalue weighted by atomic mass is 9.67. The number of carbonyl (C=O) groups excluding carboxylic acids is 1. The normalized spacial score (nSPS) is 41.4. The summed E-state index contributed by atoms with van der Waals surface area (Å²) in [5.74, 6) is 1.51. The number of hydrogen-bond acceptors (Lipinski definition) is 2. The van der Waals surface area contributed by atoms with Gasteiger partial charge in [0.05, 0.1) is 0 Å². The summed E-state index contributed by atoms with van der Waals surface area (Å²) in [7, 11) is 0. The number of amides is 1. The minimum Gasteiger partial charge on any atom is -0.335 e. The fourth-order valence-corrected chi connectivity index (χ4v) is 5.19. The summed E-state index contributed by atoms with van der Waals surface area (Å²) in [6.07, 6.45) is 6.12. The summed E-state index contributed by atoms with van der Waals surface area (Å²) < 4.78 is 0. The van der Waals surface area contributed by atoms with E-state index in [9.17, 15) is 4.79 Å². The zero-order valence-corrected chi connectivity index (χ0v) is 12.2. The summed E-state index contributed by atoms with van der Waals surface area (Å²) in [5.41, 5.74) is 1.63. The van der Waals surface area contributed by atoms with Crippen molar-refractivity contribution in [2.24, 2.45) is 11.8 Å². The lowest BCUT2D eigenvalue weighted by Gasteiger charge is -2.58. The van der Waals surface area contributed by atoms with Gasteiger partial charge in [0.1, 0.15) is 0 Å². The average molecular weight is 272 g/mol. The third-order valence-corrected chi connectivity index (χ3v) is 6.07. The van der Waals surface area contributed by atoms with Gasteiger partial charge in [0.25, 0.3) is 5.91 Å². The summed E-state index contributed by atoms with van der Waals surface area (Å²) in [5, 5.41) is 0. The Morgan fingerprint density at radius 1 is 1.10 bits per heavy atom. The molecule has 4 rings (SSSR count). The molecule has 0 aromatic heterocycles. The minimum absolute atomic E-state index is 0.160. The molecule has 0 N–H and O–H groups in total. The molecule has 0 aromatic carbocycles. The Labute approximate surface area is 121 Å². The van der Waals surface area contributed by atoms with E-state index in [4.69, 9.17) is 0 Å². The second-order valence-corrected chi connectivity index (χ2v) is 7.05. The lowest BCUT2D eigenvalue weighted by molar-refractivity contribution is -0.143. The predicted molar refractivity (Wildman–Crippen MR) is 79.2 cm³/mol. The topological polar surface area (TPSA) is 23.6 Å². The largest absolute Gasteiger partial charge is 0.335 e. The van der Waals surface area contributed by atoms with Crippen molar-refractivity contribution < 1.29 is 4.79 Å². The number of nitrogens with zero attached hydrogens (tertiary/aromatic N) is 2. The molecular formula is C17H24N2O. The molecule has 4 heterocycles. The van der Waals surface area contributed by atoms with E-state index in [-0.39, 0.29) is 5.91 Å². The van der Waals surface area contributed by atoms with Crippen LogP contribution in [0.1, 0.15) is 32.1 Å². The Bertz CT molecular complexity index is 481.